The number of piperidine rings is 1. The monoisotopic (exact) mass is 283 g/mol. The third kappa shape index (κ3) is 3.38. The Morgan fingerprint density at radius 1 is 1.10 bits per heavy atom. The Labute approximate surface area is 127 Å². The van der Waals surface area contributed by atoms with Crippen LogP contribution >= 0.6 is 0 Å². The number of benzene rings is 1. The van der Waals surface area contributed by atoms with Crippen molar-refractivity contribution in [1.29, 1.82) is 0 Å². The molecule has 1 heterocycles. The SMILES string of the molecule is Cc1ccc(OC2=C(C3CCNCC3)C=CCC2)cc1C. The van der Waals surface area contributed by atoms with Crippen LogP contribution in [-0.4, -0.2) is 13.1 Å². The zero-order chi connectivity index (χ0) is 14.7. The minimum Gasteiger partial charge on any atom is -0.461 e. The molecule has 0 amide bonds. The van der Waals surface area contributed by atoms with Crippen molar-refractivity contribution in [2.45, 2.75) is 39.5 Å². The Morgan fingerprint density at radius 2 is 1.90 bits per heavy atom. The van der Waals surface area contributed by atoms with E-state index in [1.807, 2.05) is 0 Å². The first kappa shape index (κ1) is 14.4. The number of rotatable bonds is 3. The van der Waals surface area contributed by atoms with Crippen molar-refractivity contribution in [3.8, 4) is 5.75 Å². The van der Waals surface area contributed by atoms with Crippen molar-refractivity contribution in [1.82, 2.24) is 5.32 Å². The number of nitrogens with one attached hydrogen (secondary N) is 1. The van der Waals surface area contributed by atoms with Gasteiger partial charge in [0, 0.05) is 6.42 Å². The molecule has 2 nitrogen and oxygen atoms in total. The Morgan fingerprint density at radius 3 is 2.67 bits per heavy atom. The molecule has 1 fully saturated rings. The van der Waals surface area contributed by atoms with E-state index in [-0.39, 0.29) is 0 Å². The molecule has 1 aromatic rings. The van der Waals surface area contributed by atoms with Crippen molar-refractivity contribution in [2.75, 3.05) is 13.1 Å². The van der Waals surface area contributed by atoms with Crippen LogP contribution in [0.4, 0.5) is 0 Å². The highest BCUT2D eigenvalue weighted by Crippen LogP contribution is 2.32. The smallest absolute Gasteiger partial charge is 0.127 e. The maximum Gasteiger partial charge on any atom is 0.127 e. The van der Waals surface area contributed by atoms with Crippen LogP contribution in [0.25, 0.3) is 0 Å². The maximum absolute atomic E-state index is 6.26. The lowest BCUT2D eigenvalue weighted by molar-refractivity contribution is 0.363. The molecule has 2 heteroatoms. The summed E-state index contributed by atoms with van der Waals surface area (Å²) in [7, 11) is 0. The van der Waals surface area contributed by atoms with E-state index in [0.717, 1.165) is 31.7 Å². The largest absolute Gasteiger partial charge is 0.461 e. The van der Waals surface area contributed by atoms with Crippen molar-refractivity contribution in [2.24, 2.45) is 5.92 Å². The van der Waals surface area contributed by atoms with Gasteiger partial charge in [0.2, 0.25) is 0 Å². The molecule has 1 aromatic carbocycles. The van der Waals surface area contributed by atoms with Gasteiger partial charge in [-0.15, -0.1) is 0 Å². The summed E-state index contributed by atoms with van der Waals surface area (Å²) in [6.07, 6.45) is 9.16. The van der Waals surface area contributed by atoms with Gasteiger partial charge in [-0.1, -0.05) is 18.2 Å². The van der Waals surface area contributed by atoms with E-state index in [2.05, 4.69) is 49.5 Å². The van der Waals surface area contributed by atoms with Crippen molar-refractivity contribution < 1.29 is 4.74 Å². The molecule has 0 radical (unpaired) electrons. The van der Waals surface area contributed by atoms with Crippen LogP contribution in [0, 0.1) is 19.8 Å². The maximum atomic E-state index is 6.26. The average Bonchev–Trinajstić information content (AvgIpc) is 2.52. The highest BCUT2D eigenvalue weighted by molar-refractivity contribution is 5.37. The number of hydrogen-bond donors (Lipinski definition) is 1. The van der Waals surface area contributed by atoms with Crippen molar-refractivity contribution in [3.05, 3.63) is 52.8 Å². The van der Waals surface area contributed by atoms with Gasteiger partial charge in [-0.05, 0) is 81.0 Å². The minimum absolute atomic E-state index is 0.657. The molecule has 0 saturated carbocycles. The van der Waals surface area contributed by atoms with Crippen molar-refractivity contribution in [3.63, 3.8) is 0 Å². The molecule has 3 rings (SSSR count). The highest BCUT2D eigenvalue weighted by Gasteiger charge is 2.22. The Hall–Kier alpha value is -1.54. The van der Waals surface area contributed by atoms with Crippen LogP contribution < -0.4 is 10.1 Å². The summed E-state index contributed by atoms with van der Waals surface area (Å²) in [6, 6.07) is 6.39. The number of aryl methyl sites for hydroxylation is 2. The number of ether oxygens (including phenoxy) is 1. The van der Waals surface area contributed by atoms with Gasteiger partial charge in [0.05, 0.1) is 0 Å². The van der Waals surface area contributed by atoms with Gasteiger partial charge in [0.1, 0.15) is 11.5 Å². The van der Waals surface area contributed by atoms with E-state index in [4.69, 9.17) is 4.74 Å². The summed E-state index contributed by atoms with van der Waals surface area (Å²) in [5.74, 6) is 2.83. The molecule has 21 heavy (non-hydrogen) atoms. The molecular weight excluding hydrogens is 258 g/mol. The van der Waals surface area contributed by atoms with Gasteiger partial charge >= 0.3 is 0 Å². The molecule has 1 saturated heterocycles. The molecule has 0 atom stereocenters. The van der Waals surface area contributed by atoms with E-state index in [0.29, 0.717) is 5.92 Å². The fourth-order valence-electron chi connectivity index (χ4n) is 3.19. The first-order chi connectivity index (χ1) is 10.2. The van der Waals surface area contributed by atoms with E-state index >= 15 is 0 Å². The lowest BCUT2D eigenvalue weighted by Gasteiger charge is -2.27. The Bertz CT molecular complexity index is 565. The predicted molar refractivity (Wildman–Crippen MR) is 87.5 cm³/mol. The summed E-state index contributed by atoms with van der Waals surface area (Å²) >= 11 is 0. The third-order valence-electron chi connectivity index (χ3n) is 4.66. The Kier molecular flexibility index (Phi) is 4.45. The second-order valence-electron chi connectivity index (χ2n) is 6.19. The van der Waals surface area contributed by atoms with Crippen LogP contribution in [0.1, 0.15) is 36.8 Å². The van der Waals surface area contributed by atoms with Gasteiger partial charge in [-0.3, -0.25) is 0 Å². The van der Waals surface area contributed by atoms with E-state index in [9.17, 15) is 0 Å². The molecule has 0 spiro atoms. The zero-order valence-electron chi connectivity index (χ0n) is 13.1. The summed E-state index contributed by atoms with van der Waals surface area (Å²) in [6.45, 7) is 6.53. The summed E-state index contributed by atoms with van der Waals surface area (Å²) in [5, 5.41) is 3.44. The second-order valence-corrected chi connectivity index (χ2v) is 6.19. The first-order valence-electron chi connectivity index (χ1n) is 8.09. The van der Waals surface area contributed by atoms with Crippen molar-refractivity contribution >= 4 is 0 Å². The standard InChI is InChI=1S/C19H25NO/c1-14-7-8-17(13-15(14)2)21-19-6-4-3-5-18(19)16-9-11-20-12-10-16/h3,5,7-8,13,16,20H,4,6,9-12H2,1-2H3. The van der Waals surface area contributed by atoms with Crippen LogP contribution in [0.5, 0.6) is 5.75 Å². The summed E-state index contributed by atoms with van der Waals surface area (Å²) < 4.78 is 6.26. The van der Waals surface area contributed by atoms with E-state index in [1.165, 1.54) is 35.3 Å². The topological polar surface area (TPSA) is 21.3 Å². The first-order valence-corrected chi connectivity index (χ1v) is 8.09. The Balaban J connectivity index is 1.83. The molecule has 2 aliphatic rings. The minimum atomic E-state index is 0.657. The quantitative estimate of drug-likeness (QED) is 0.893. The van der Waals surface area contributed by atoms with Gasteiger partial charge < -0.3 is 10.1 Å². The lowest BCUT2D eigenvalue weighted by atomic mass is 9.86. The number of allylic oxidation sites excluding steroid dienone is 4. The normalized spacial score (nSPS) is 19.9. The predicted octanol–water partition coefficient (Wildman–Crippen LogP) is 4.29. The lowest BCUT2D eigenvalue weighted by Crippen LogP contribution is -2.29. The average molecular weight is 283 g/mol. The summed E-state index contributed by atoms with van der Waals surface area (Å²) in [5.41, 5.74) is 4.04. The molecule has 1 aliphatic heterocycles. The van der Waals surface area contributed by atoms with E-state index in [1.54, 1.807) is 0 Å². The van der Waals surface area contributed by atoms with Gasteiger partial charge in [0.15, 0.2) is 0 Å². The molecule has 0 unspecified atom stereocenters. The molecule has 1 N–H and O–H groups in total. The number of hydrogen-bond acceptors (Lipinski definition) is 2. The van der Waals surface area contributed by atoms with Crippen LogP contribution in [0.3, 0.4) is 0 Å². The highest BCUT2D eigenvalue weighted by atomic mass is 16.5. The third-order valence-corrected chi connectivity index (χ3v) is 4.66. The molecule has 112 valence electrons. The van der Waals surface area contributed by atoms with Crippen LogP contribution in [0.2, 0.25) is 0 Å². The second kappa shape index (κ2) is 6.48. The molecule has 1 aliphatic carbocycles. The van der Waals surface area contributed by atoms with Gasteiger partial charge in [-0.2, -0.15) is 0 Å². The molecule has 0 aromatic heterocycles. The fraction of sp³-hybridized carbons (Fsp3) is 0.474. The molecule has 0 bridgehead atoms. The summed E-state index contributed by atoms with van der Waals surface area (Å²) in [4.78, 5) is 0. The van der Waals surface area contributed by atoms with Gasteiger partial charge in [0.25, 0.3) is 0 Å². The van der Waals surface area contributed by atoms with Crippen LogP contribution in [-0.2, 0) is 0 Å². The van der Waals surface area contributed by atoms with Crippen LogP contribution in [0.15, 0.2) is 41.7 Å². The van der Waals surface area contributed by atoms with E-state index < -0.39 is 0 Å². The zero-order valence-corrected chi connectivity index (χ0v) is 13.1. The fourth-order valence-corrected chi connectivity index (χ4v) is 3.19. The van der Waals surface area contributed by atoms with Gasteiger partial charge in [-0.25, -0.2) is 0 Å². The molecular formula is C19H25NO.